The van der Waals surface area contributed by atoms with Gasteiger partial charge in [0.1, 0.15) is 0 Å². The first-order valence-corrected chi connectivity index (χ1v) is 9.10. The van der Waals surface area contributed by atoms with E-state index >= 15 is 0 Å². The highest BCUT2D eigenvalue weighted by atomic mass is 32.2. The van der Waals surface area contributed by atoms with E-state index in [-0.39, 0.29) is 0 Å². The highest BCUT2D eigenvalue weighted by molar-refractivity contribution is 7.99. The Hall–Kier alpha value is 0.350. The van der Waals surface area contributed by atoms with Gasteiger partial charge in [0, 0.05) is 5.25 Å². The molecule has 1 heteroatoms. The van der Waals surface area contributed by atoms with Crippen molar-refractivity contribution in [1.29, 1.82) is 0 Å². The summed E-state index contributed by atoms with van der Waals surface area (Å²) in [5.41, 5.74) is 0. The van der Waals surface area contributed by atoms with E-state index < -0.39 is 0 Å². The van der Waals surface area contributed by atoms with Gasteiger partial charge in [-0.3, -0.25) is 0 Å². The SMILES string of the molecule is CCCCCCCCCCSC1CCCCC1. The van der Waals surface area contributed by atoms with Crippen LogP contribution in [0.25, 0.3) is 0 Å². The molecule has 0 spiro atoms. The summed E-state index contributed by atoms with van der Waals surface area (Å²) in [5.74, 6) is 1.43. The van der Waals surface area contributed by atoms with E-state index in [4.69, 9.17) is 0 Å². The van der Waals surface area contributed by atoms with Gasteiger partial charge >= 0.3 is 0 Å². The third kappa shape index (κ3) is 8.99. The lowest BCUT2D eigenvalue weighted by atomic mass is 10.0. The van der Waals surface area contributed by atoms with Crippen LogP contribution in [-0.2, 0) is 0 Å². The molecule has 0 atom stereocenters. The molecule has 0 aliphatic heterocycles. The lowest BCUT2D eigenvalue weighted by Gasteiger charge is -2.20. The number of rotatable bonds is 10. The molecule has 17 heavy (non-hydrogen) atoms. The van der Waals surface area contributed by atoms with Crippen LogP contribution in [0, 0.1) is 0 Å². The Labute approximate surface area is 113 Å². The van der Waals surface area contributed by atoms with Crippen LogP contribution in [0.1, 0.15) is 90.4 Å². The molecule has 1 aliphatic rings. The van der Waals surface area contributed by atoms with Crippen molar-refractivity contribution in [1.82, 2.24) is 0 Å². The summed E-state index contributed by atoms with van der Waals surface area (Å²) in [6.07, 6.45) is 19.2. The van der Waals surface area contributed by atoms with Crippen LogP contribution >= 0.6 is 11.8 Å². The van der Waals surface area contributed by atoms with Gasteiger partial charge in [-0.25, -0.2) is 0 Å². The molecule has 0 nitrogen and oxygen atoms in total. The summed E-state index contributed by atoms with van der Waals surface area (Å²) in [6.45, 7) is 2.29. The zero-order chi connectivity index (χ0) is 12.2. The second-order valence-electron chi connectivity index (χ2n) is 5.61. The second-order valence-corrected chi connectivity index (χ2v) is 7.01. The van der Waals surface area contributed by atoms with Crippen LogP contribution in [0.5, 0.6) is 0 Å². The van der Waals surface area contributed by atoms with Crippen molar-refractivity contribution in [2.24, 2.45) is 0 Å². The number of hydrogen-bond donors (Lipinski definition) is 0. The Morgan fingerprint density at radius 3 is 2.00 bits per heavy atom. The molecule has 1 aliphatic carbocycles. The Morgan fingerprint density at radius 2 is 1.35 bits per heavy atom. The monoisotopic (exact) mass is 256 g/mol. The van der Waals surface area contributed by atoms with Crippen molar-refractivity contribution in [3.63, 3.8) is 0 Å². The highest BCUT2D eigenvalue weighted by Gasteiger charge is 2.12. The van der Waals surface area contributed by atoms with Crippen LogP contribution in [0.2, 0.25) is 0 Å². The van der Waals surface area contributed by atoms with Gasteiger partial charge in [-0.05, 0) is 25.0 Å². The summed E-state index contributed by atoms with van der Waals surface area (Å²) in [5, 5.41) is 1.02. The molecule has 0 aromatic rings. The predicted octanol–water partition coefficient (Wildman–Crippen LogP) is 6.19. The first-order valence-electron chi connectivity index (χ1n) is 8.05. The van der Waals surface area contributed by atoms with Crippen molar-refractivity contribution in [3.05, 3.63) is 0 Å². The summed E-state index contributed by atoms with van der Waals surface area (Å²) in [4.78, 5) is 0. The smallest absolute Gasteiger partial charge is 0.00470 e. The molecule has 0 heterocycles. The van der Waals surface area contributed by atoms with Crippen LogP contribution in [0.15, 0.2) is 0 Å². The third-order valence-corrected chi connectivity index (χ3v) is 5.37. The fourth-order valence-corrected chi connectivity index (χ4v) is 4.09. The molecule has 0 unspecified atom stereocenters. The average molecular weight is 256 g/mol. The topological polar surface area (TPSA) is 0 Å². The van der Waals surface area contributed by atoms with E-state index in [0.717, 1.165) is 5.25 Å². The summed E-state index contributed by atoms with van der Waals surface area (Å²) in [6, 6.07) is 0. The molecule has 0 aromatic heterocycles. The first kappa shape index (κ1) is 15.4. The zero-order valence-electron chi connectivity index (χ0n) is 11.9. The fourth-order valence-electron chi connectivity index (χ4n) is 2.72. The van der Waals surface area contributed by atoms with E-state index in [1.807, 2.05) is 0 Å². The maximum absolute atomic E-state index is 2.29. The van der Waals surface area contributed by atoms with Crippen LogP contribution < -0.4 is 0 Å². The lowest BCUT2D eigenvalue weighted by molar-refractivity contribution is 0.515. The third-order valence-electron chi connectivity index (χ3n) is 3.90. The minimum absolute atomic E-state index is 1.02. The van der Waals surface area contributed by atoms with Crippen molar-refractivity contribution in [2.75, 3.05) is 5.75 Å². The van der Waals surface area contributed by atoms with Gasteiger partial charge in [0.2, 0.25) is 0 Å². The number of unbranched alkanes of at least 4 members (excludes halogenated alkanes) is 7. The molecule has 1 rings (SSSR count). The molecule has 0 bridgehead atoms. The molecule has 0 N–H and O–H groups in total. The van der Waals surface area contributed by atoms with Crippen LogP contribution in [0.3, 0.4) is 0 Å². The van der Waals surface area contributed by atoms with Crippen molar-refractivity contribution in [2.45, 2.75) is 95.6 Å². The van der Waals surface area contributed by atoms with Crippen molar-refractivity contribution < 1.29 is 0 Å². The highest BCUT2D eigenvalue weighted by Crippen LogP contribution is 2.28. The summed E-state index contributed by atoms with van der Waals surface area (Å²) < 4.78 is 0. The average Bonchev–Trinajstić information content (AvgIpc) is 2.38. The largest absolute Gasteiger partial charge is 0.159 e. The Kier molecular flexibility index (Phi) is 10.4. The Morgan fingerprint density at radius 1 is 0.765 bits per heavy atom. The van der Waals surface area contributed by atoms with E-state index in [2.05, 4.69) is 18.7 Å². The van der Waals surface area contributed by atoms with Gasteiger partial charge in [-0.2, -0.15) is 11.8 Å². The van der Waals surface area contributed by atoms with Crippen molar-refractivity contribution in [3.8, 4) is 0 Å². The minimum Gasteiger partial charge on any atom is -0.159 e. The maximum Gasteiger partial charge on any atom is 0.00470 e. The normalized spacial score (nSPS) is 17.5. The molecule has 0 aromatic carbocycles. The first-order chi connectivity index (χ1) is 8.43. The van der Waals surface area contributed by atoms with Gasteiger partial charge in [0.05, 0.1) is 0 Å². The van der Waals surface area contributed by atoms with Gasteiger partial charge < -0.3 is 0 Å². The lowest BCUT2D eigenvalue weighted by Crippen LogP contribution is -2.08. The fraction of sp³-hybridized carbons (Fsp3) is 1.00. The molecule has 1 fully saturated rings. The van der Waals surface area contributed by atoms with Crippen LogP contribution in [-0.4, -0.2) is 11.0 Å². The van der Waals surface area contributed by atoms with E-state index in [0.29, 0.717) is 0 Å². The molecule has 1 saturated carbocycles. The van der Waals surface area contributed by atoms with Crippen LogP contribution in [0.4, 0.5) is 0 Å². The summed E-state index contributed by atoms with van der Waals surface area (Å²) >= 11 is 2.27. The molecule has 0 radical (unpaired) electrons. The van der Waals surface area contributed by atoms with E-state index in [1.54, 1.807) is 0 Å². The number of thioether (sulfide) groups is 1. The zero-order valence-corrected chi connectivity index (χ0v) is 12.7. The Bertz CT molecular complexity index is 150. The standard InChI is InChI=1S/C16H32S/c1-2-3-4-5-6-7-8-12-15-17-16-13-10-9-11-14-16/h16H,2-15H2,1H3. The molecule has 0 saturated heterocycles. The van der Waals surface area contributed by atoms with E-state index in [9.17, 15) is 0 Å². The predicted molar refractivity (Wildman–Crippen MR) is 81.9 cm³/mol. The van der Waals surface area contributed by atoms with Crippen molar-refractivity contribution >= 4 is 11.8 Å². The van der Waals surface area contributed by atoms with Gasteiger partial charge in [0.25, 0.3) is 0 Å². The van der Waals surface area contributed by atoms with Gasteiger partial charge in [-0.15, -0.1) is 0 Å². The summed E-state index contributed by atoms with van der Waals surface area (Å²) in [7, 11) is 0. The van der Waals surface area contributed by atoms with E-state index in [1.165, 1.54) is 89.2 Å². The quantitative estimate of drug-likeness (QED) is 0.420. The minimum atomic E-state index is 1.02. The molecular weight excluding hydrogens is 224 g/mol. The number of hydrogen-bond acceptors (Lipinski definition) is 1. The molecular formula is C16H32S. The Balaban J connectivity index is 1.75. The maximum atomic E-state index is 2.29. The molecule has 0 amide bonds. The molecule has 102 valence electrons. The van der Waals surface area contributed by atoms with Gasteiger partial charge in [-0.1, -0.05) is 71.1 Å². The second kappa shape index (κ2) is 11.4. The van der Waals surface area contributed by atoms with Gasteiger partial charge in [0.15, 0.2) is 0 Å².